The number of nitrogens with zero attached hydrogens (tertiary/aromatic N) is 2. The van der Waals surface area contributed by atoms with Gasteiger partial charge in [0.05, 0.1) is 29.0 Å². The third kappa shape index (κ3) is 2.55. The molecule has 33 heavy (non-hydrogen) atoms. The molecule has 2 aromatic heterocycles. The quantitative estimate of drug-likeness (QED) is 0.346. The molecule has 0 fully saturated rings. The molecule has 3 aromatic rings. The van der Waals surface area contributed by atoms with Gasteiger partial charge in [-0.2, -0.15) is 0 Å². The van der Waals surface area contributed by atoms with Crippen molar-refractivity contribution >= 4 is 28.6 Å². The van der Waals surface area contributed by atoms with Gasteiger partial charge in [0.25, 0.3) is 5.56 Å². The van der Waals surface area contributed by atoms with Gasteiger partial charge in [-0.15, -0.1) is 18.3 Å². The van der Waals surface area contributed by atoms with Crippen molar-refractivity contribution in [2.75, 3.05) is 5.75 Å². The molecule has 0 bridgehead atoms. The summed E-state index contributed by atoms with van der Waals surface area (Å²) in [4.78, 5) is 31.5. The highest BCUT2D eigenvalue weighted by Gasteiger charge is 2.46. The predicted octanol–water partition coefficient (Wildman–Crippen LogP) is 2.80. The average Bonchev–Trinajstić information content (AvgIpc) is 3.15. The van der Waals surface area contributed by atoms with E-state index >= 15 is 0 Å². The van der Waals surface area contributed by atoms with Crippen molar-refractivity contribution in [2.24, 2.45) is 5.73 Å². The number of aliphatic hydroxyl groups is 1. The Labute approximate surface area is 192 Å². The smallest absolute Gasteiger partial charge is 0.343 e. The van der Waals surface area contributed by atoms with Crippen molar-refractivity contribution in [1.82, 2.24) is 9.55 Å². The second kappa shape index (κ2) is 6.75. The van der Waals surface area contributed by atoms with E-state index in [-0.39, 0.29) is 48.1 Å². The first-order valence-corrected chi connectivity index (χ1v) is 11.6. The maximum Gasteiger partial charge on any atom is 0.343 e. The number of hydrogen-bond acceptors (Lipinski definition) is 7. The van der Waals surface area contributed by atoms with E-state index in [0.717, 1.165) is 21.4 Å². The standard InChI is InChI=1S/C24H20FN3O4S/c1-3-4-24(31)13-5-17-20-11(7-28(17)22(29)12(13)8-32-23(24)30)18-15(26)9-33-21-10(2)14(25)6-16(27-20)19(18)21/h3,5-6,15,31H,1,4,7-9,26H2,2H3/t15-,24-/m0/s1. The van der Waals surface area contributed by atoms with E-state index in [1.165, 1.54) is 23.9 Å². The highest BCUT2D eigenvalue weighted by atomic mass is 32.2. The fourth-order valence-electron chi connectivity index (χ4n) is 5.22. The van der Waals surface area contributed by atoms with Gasteiger partial charge in [0, 0.05) is 45.7 Å². The second-order valence-electron chi connectivity index (χ2n) is 8.72. The fraction of sp³-hybridized carbons (Fsp3) is 0.292. The molecule has 0 saturated carbocycles. The van der Waals surface area contributed by atoms with Gasteiger partial charge in [-0.1, -0.05) is 6.08 Å². The third-order valence-electron chi connectivity index (χ3n) is 6.87. The summed E-state index contributed by atoms with van der Waals surface area (Å²) >= 11 is 1.52. The van der Waals surface area contributed by atoms with Crippen LogP contribution in [0.5, 0.6) is 0 Å². The molecular weight excluding hydrogens is 445 g/mol. The van der Waals surface area contributed by atoms with Gasteiger partial charge in [0.15, 0.2) is 5.60 Å². The molecule has 0 radical (unpaired) electrons. The van der Waals surface area contributed by atoms with Gasteiger partial charge in [-0.05, 0) is 24.1 Å². The van der Waals surface area contributed by atoms with Crippen LogP contribution in [0.1, 0.15) is 40.3 Å². The molecule has 0 aliphatic carbocycles. The minimum absolute atomic E-state index is 0.0963. The molecule has 168 valence electrons. The fourth-order valence-corrected chi connectivity index (χ4v) is 6.41. The summed E-state index contributed by atoms with van der Waals surface area (Å²) in [5, 5.41) is 12.0. The first-order valence-electron chi connectivity index (χ1n) is 10.6. The number of carbonyl (C=O) groups is 1. The van der Waals surface area contributed by atoms with Crippen molar-refractivity contribution in [2.45, 2.75) is 43.0 Å². The Bertz CT molecular complexity index is 1500. The number of esters is 1. The molecule has 6 rings (SSSR count). The Morgan fingerprint density at radius 1 is 1.42 bits per heavy atom. The molecule has 3 N–H and O–H groups in total. The van der Waals surface area contributed by atoms with E-state index in [9.17, 15) is 19.1 Å². The van der Waals surface area contributed by atoms with Crippen LogP contribution in [0.4, 0.5) is 4.39 Å². The van der Waals surface area contributed by atoms with Gasteiger partial charge in [0.2, 0.25) is 0 Å². The van der Waals surface area contributed by atoms with E-state index in [1.807, 2.05) is 0 Å². The Hall–Kier alpha value is -3.01. The molecule has 2 atom stereocenters. The molecule has 9 heteroatoms. The van der Waals surface area contributed by atoms with Crippen molar-refractivity contribution in [3.63, 3.8) is 0 Å². The van der Waals surface area contributed by atoms with Crippen LogP contribution < -0.4 is 11.3 Å². The lowest BCUT2D eigenvalue weighted by molar-refractivity contribution is -0.171. The number of thioether (sulfide) groups is 1. The van der Waals surface area contributed by atoms with E-state index < -0.39 is 11.6 Å². The van der Waals surface area contributed by atoms with Crippen molar-refractivity contribution in [1.29, 1.82) is 0 Å². The molecule has 1 aromatic carbocycles. The minimum Gasteiger partial charge on any atom is -0.458 e. The highest BCUT2D eigenvalue weighted by molar-refractivity contribution is 7.99. The summed E-state index contributed by atoms with van der Waals surface area (Å²) in [5.74, 6) is -0.575. The van der Waals surface area contributed by atoms with Crippen molar-refractivity contribution in [3.05, 3.63) is 68.8 Å². The Morgan fingerprint density at radius 2 is 2.21 bits per heavy atom. The number of fused-ring (bicyclic) bond motifs is 5. The number of aromatic nitrogens is 2. The zero-order valence-electron chi connectivity index (χ0n) is 17.8. The lowest BCUT2D eigenvalue weighted by atomic mass is 9.85. The van der Waals surface area contributed by atoms with Gasteiger partial charge >= 0.3 is 5.97 Å². The van der Waals surface area contributed by atoms with E-state index in [4.69, 9.17) is 15.5 Å². The molecule has 0 unspecified atom stereocenters. The topological polar surface area (TPSA) is 107 Å². The molecular formula is C24H20FN3O4S. The number of rotatable bonds is 2. The largest absolute Gasteiger partial charge is 0.458 e. The van der Waals surface area contributed by atoms with Crippen LogP contribution in [-0.4, -0.2) is 26.4 Å². The van der Waals surface area contributed by atoms with Crippen molar-refractivity contribution < 1.29 is 19.0 Å². The monoisotopic (exact) mass is 465 g/mol. The normalized spacial score (nSPS) is 22.5. The molecule has 0 spiro atoms. The number of halogens is 1. The van der Waals surface area contributed by atoms with Crippen LogP contribution in [0, 0.1) is 12.7 Å². The molecule has 0 saturated heterocycles. The number of ether oxygens (including phenoxy) is 1. The lowest BCUT2D eigenvalue weighted by Gasteiger charge is -2.31. The summed E-state index contributed by atoms with van der Waals surface area (Å²) < 4.78 is 21.4. The first kappa shape index (κ1) is 20.6. The van der Waals surface area contributed by atoms with Gasteiger partial charge in [-0.25, -0.2) is 14.2 Å². The summed E-state index contributed by atoms with van der Waals surface area (Å²) in [6.45, 7) is 5.41. The molecule has 7 nitrogen and oxygen atoms in total. The number of carbonyl (C=O) groups excluding carboxylic acids is 1. The maximum absolute atomic E-state index is 14.7. The molecule has 3 aliphatic heterocycles. The highest BCUT2D eigenvalue weighted by Crippen LogP contribution is 2.47. The molecule has 3 aliphatic rings. The summed E-state index contributed by atoms with van der Waals surface area (Å²) in [7, 11) is 0. The summed E-state index contributed by atoms with van der Waals surface area (Å²) in [6.07, 6.45) is 1.31. The van der Waals surface area contributed by atoms with Crippen LogP contribution in [0.25, 0.3) is 22.3 Å². The van der Waals surface area contributed by atoms with Crippen LogP contribution in [0.2, 0.25) is 0 Å². The number of hydrogen-bond donors (Lipinski definition) is 2. The molecule has 0 amide bonds. The van der Waals surface area contributed by atoms with E-state index in [2.05, 4.69) is 6.58 Å². The minimum atomic E-state index is -2.00. The molecule has 5 heterocycles. The van der Waals surface area contributed by atoms with Gasteiger partial charge in [-0.3, -0.25) is 4.79 Å². The maximum atomic E-state index is 14.7. The summed E-state index contributed by atoms with van der Waals surface area (Å²) in [6, 6.07) is 2.74. The number of benzene rings is 1. The van der Waals surface area contributed by atoms with Crippen LogP contribution >= 0.6 is 11.8 Å². The first-order chi connectivity index (χ1) is 15.8. The Morgan fingerprint density at radius 3 is 2.97 bits per heavy atom. The second-order valence-corrected chi connectivity index (χ2v) is 9.75. The number of nitrogens with two attached hydrogens (primary N) is 1. The van der Waals surface area contributed by atoms with E-state index in [0.29, 0.717) is 28.2 Å². The lowest BCUT2D eigenvalue weighted by Crippen LogP contribution is -2.44. The van der Waals surface area contributed by atoms with Crippen LogP contribution in [0.15, 0.2) is 34.5 Å². The summed E-state index contributed by atoms with van der Waals surface area (Å²) in [5.41, 5.74) is 8.33. The zero-order valence-corrected chi connectivity index (χ0v) is 18.6. The Balaban J connectivity index is 1.69. The zero-order chi connectivity index (χ0) is 23.2. The number of pyridine rings is 2. The van der Waals surface area contributed by atoms with Gasteiger partial charge < -0.3 is 20.1 Å². The number of cyclic esters (lactones) is 1. The van der Waals surface area contributed by atoms with Crippen LogP contribution in [0.3, 0.4) is 0 Å². The van der Waals surface area contributed by atoms with Gasteiger partial charge in [0.1, 0.15) is 12.4 Å². The van der Waals surface area contributed by atoms with E-state index in [1.54, 1.807) is 17.6 Å². The Kier molecular flexibility index (Phi) is 4.21. The van der Waals surface area contributed by atoms with Crippen LogP contribution in [-0.2, 0) is 28.3 Å². The third-order valence-corrected chi connectivity index (χ3v) is 8.19. The predicted molar refractivity (Wildman–Crippen MR) is 121 cm³/mol. The van der Waals surface area contributed by atoms with Crippen molar-refractivity contribution in [3.8, 4) is 11.4 Å². The average molecular weight is 466 g/mol. The SMILES string of the molecule is C=CC[C@@]1(O)C(=O)OCc2c1cc1n(c2=O)Cc2c-1nc1cc(F)c(C)c3c1c2[C@@H](N)CS3.